The van der Waals surface area contributed by atoms with Crippen molar-refractivity contribution >= 4 is 28.5 Å². The van der Waals surface area contributed by atoms with Crippen LogP contribution in [0.2, 0.25) is 5.28 Å². The maximum atomic E-state index is 5.89. The molecule has 0 radical (unpaired) electrons. The zero-order valence-electron chi connectivity index (χ0n) is 12.7. The number of hydrogen-bond donors (Lipinski definition) is 2. The Hall–Kier alpha value is -1.36. The Balaban J connectivity index is 1.65. The summed E-state index contributed by atoms with van der Waals surface area (Å²) in [7, 11) is 0. The fraction of sp³-hybridized carbons (Fsp3) is 0.667. The lowest BCUT2D eigenvalue weighted by Crippen LogP contribution is -2.04. The molecule has 0 bridgehead atoms. The van der Waals surface area contributed by atoms with Crippen molar-refractivity contribution in [3.63, 3.8) is 0 Å². The first-order chi connectivity index (χ1) is 10.3. The molecule has 2 rings (SSSR count). The fourth-order valence-corrected chi connectivity index (χ4v) is 2.58. The molecule has 2 aromatic rings. The Labute approximate surface area is 130 Å². The normalized spacial score (nSPS) is 11.1. The van der Waals surface area contributed by atoms with Gasteiger partial charge in [0.25, 0.3) is 0 Å². The smallest absolute Gasteiger partial charge is 0.226 e. The number of unbranched alkanes of at least 4 members (excludes halogenated alkanes) is 7. The molecular formula is C15H24ClN5. The molecule has 0 saturated carbocycles. The summed E-state index contributed by atoms with van der Waals surface area (Å²) in [6.45, 7) is 3.16. The minimum Gasteiger partial charge on any atom is -0.369 e. The topological polar surface area (TPSA) is 66.5 Å². The number of rotatable bonds is 10. The Kier molecular flexibility index (Phi) is 6.73. The molecule has 2 aromatic heterocycles. The number of halogens is 1. The molecule has 0 fully saturated rings. The third kappa shape index (κ3) is 5.16. The van der Waals surface area contributed by atoms with Gasteiger partial charge in [-0.3, -0.25) is 5.10 Å². The molecule has 6 heteroatoms. The molecule has 0 atom stereocenters. The molecular weight excluding hydrogens is 286 g/mol. The lowest BCUT2D eigenvalue weighted by Gasteiger charge is -2.06. The van der Waals surface area contributed by atoms with Gasteiger partial charge in [-0.1, -0.05) is 51.9 Å². The minimum absolute atomic E-state index is 0.241. The van der Waals surface area contributed by atoms with E-state index in [1.54, 1.807) is 6.20 Å². The molecule has 0 aliphatic heterocycles. The third-order valence-electron chi connectivity index (χ3n) is 3.61. The highest BCUT2D eigenvalue weighted by Crippen LogP contribution is 2.19. The van der Waals surface area contributed by atoms with Gasteiger partial charge >= 0.3 is 0 Å². The van der Waals surface area contributed by atoms with Gasteiger partial charge in [-0.05, 0) is 18.0 Å². The van der Waals surface area contributed by atoms with Gasteiger partial charge in [-0.25, -0.2) is 0 Å². The summed E-state index contributed by atoms with van der Waals surface area (Å²) >= 11 is 5.89. The van der Waals surface area contributed by atoms with E-state index in [0.29, 0.717) is 5.65 Å². The molecule has 5 nitrogen and oxygen atoms in total. The summed E-state index contributed by atoms with van der Waals surface area (Å²) in [6, 6.07) is 0. The van der Waals surface area contributed by atoms with Gasteiger partial charge in [0.05, 0.1) is 11.6 Å². The van der Waals surface area contributed by atoms with Gasteiger partial charge < -0.3 is 5.32 Å². The van der Waals surface area contributed by atoms with Gasteiger partial charge in [0.1, 0.15) is 5.82 Å². The lowest BCUT2D eigenvalue weighted by atomic mass is 10.1. The van der Waals surface area contributed by atoms with Crippen molar-refractivity contribution in [3.8, 4) is 0 Å². The summed E-state index contributed by atoms with van der Waals surface area (Å²) in [5, 5.41) is 11.2. The van der Waals surface area contributed by atoms with E-state index in [-0.39, 0.29) is 5.28 Å². The Morgan fingerprint density at radius 2 is 1.76 bits per heavy atom. The number of fused-ring (bicyclic) bond motifs is 1. The van der Waals surface area contributed by atoms with Crippen molar-refractivity contribution in [3.05, 3.63) is 11.5 Å². The van der Waals surface area contributed by atoms with E-state index in [9.17, 15) is 0 Å². The lowest BCUT2D eigenvalue weighted by molar-refractivity contribution is 0.581. The van der Waals surface area contributed by atoms with Crippen LogP contribution in [0, 0.1) is 0 Å². The molecule has 0 spiro atoms. The number of nitrogens with zero attached hydrogens (tertiary/aromatic N) is 3. The number of anilines is 1. The van der Waals surface area contributed by atoms with Gasteiger partial charge in [0.15, 0.2) is 5.65 Å². The van der Waals surface area contributed by atoms with Gasteiger partial charge in [-0.2, -0.15) is 15.1 Å². The van der Waals surface area contributed by atoms with Crippen molar-refractivity contribution in [1.29, 1.82) is 0 Å². The van der Waals surface area contributed by atoms with Crippen LogP contribution in [0.15, 0.2) is 6.20 Å². The van der Waals surface area contributed by atoms with Crippen LogP contribution in [0.1, 0.15) is 58.3 Å². The van der Waals surface area contributed by atoms with E-state index in [4.69, 9.17) is 11.6 Å². The molecule has 0 unspecified atom stereocenters. The molecule has 2 N–H and O–H groups in total. The summed E-state index contributed by atoms with van der Waals surface area (Å²) < 4.78 is 0. The van der Waals surface area contributed by atoms with E-state index in [1.807, 2.05) is 0 Å². The molecule has 0 aromatic carbocycles. The van der Waals surface area contributed by atoms with Crippen LogP contribution in [0.25, 0.3) is 11.0 Å². The molecule has 2 heterocycles. The largest absolute Gasteiger partial charge is 0.369 e. The van der Waals surface area contributed by atoms with Crippen molar-refractivity contribution in [1.82, 2.24) is 20.2 Å². The van der Waals surface area contributed by atoms with Gasteiger partial charge in [0, 0.05) is 6.54 Å². The first-order valence-electron chi connectivity index (χ1n) is 7.91. The number of aromatic amines is 1. The van der Waals surface area contributed by atoms with Crippen LogP contribution < -0.4 is 5.32 Å². The third-order valence-corrected chi connectivity index (χ3v) is 3.77. The average molecular weight is 310 g/mol. The van der Waals surface area contributed by atoms with Crippen molar-refractivity contribution < 1.29 is 0 Å². The molecule has 0 aliphatic carbocycles. The minimum atomic E-state index is 0.241. The molecule has 0 aliphatic rings. The first kappa shape index (κ1) is 16.0. The SMILES string of the molecule is CCCCCCCCCCNc1nc(Cl)nc2[nH]ncc12. The van der Waals surface area contributed by atoms with Crippen LogP contribution in [0.5, 0.6) is 0 Å². The van der Waals surface area contributed by atoms with E-state index < -0.39 is 0 Å². The summed E-state index contributed by atoms with van der Waals surface area (Å²) in [6.07, 6.45) is 12.2. The Morgan fingerprint density at radius 3 is 2.52 bits per heavy atom. The zero-order valence-corrected chi connectivity index (χ0v) is 13.4. The standard InChI is InChI=1S/C15H24ClN5/c1-2-3-4-5-6-7-8-9-10-17-13-12-11-18-21-14(12)20-15(16)19-13/h11H,2-10H2,1H3,(H2,17,18,19,20,21). The summed E-state index contributed by atoms with van der Waals surface area (Å²) in [4.78, 5) is 8.31. The quantitative estimate of drug-likeness (QED) is 0.499. The highest BCUT2D eigenvalue weighted by Gasteiger charge is 2.07. The number of H-pyrrole nitrogens is 1. The second kappa shape index (κ2) is 8.82. The van der Waals surface area contributed by atoms with Crippen LogP contribution in [-0.4, -0.2) is 26.7 Å². The summed E-state index contributed by atoms with van der Waals surface area (Å²) in [5.41, 5.74) is 0.674. The van der Waals surface area contributed by atoms with Gasteiger partial charge in [0.2, 0.25) is 5.28 Å². The number of aromatic nitrogens is 4. The van der Waals surface area contributed by atoms with Crippen LogP contribution >= 0.6 is 11.6 Å². The van der Waals surface area contributed by atoms with Crippen molar-refractivity contribution in [2.24, 2.45) is 0 Å². The maximum absolute atomic E-state index is 5.89. The second-order valence-corrected chi connectivity index (χ2v) is 5.71. The average Bonchev–Trinajstić information content (AvgIpc) is 2.93. The second-order valence-electron chi connectivity index (χ2n) is 5.38. The van der Waals surface area contributed by atoms with Crippen LogP contribution in [-0.2, 0) is 0 Å². The van der Waals surface area contributed by atoms with Crippen LogP contribution in [0.3, 0.4) is 0 Å². The molecule has 0 amide bonds. The zero-order chi connectivity index (χ0) is 14.9. The monoisotopic (exact) mass is 309 g/mol. The van der Waals surface area contributed by atoms with Crippen molar-refractivity contribution in [2.45, 2.75) is 58.3 Å². The first-order valence-corrected chi connectivity index (χ1v) is 8.29. The van der Waals surface area contributed by atoms with Crippen molar-refractivity contribution in [2.75, 3.05) is 11.9 Å². The predicted molar refractivity (Wildman–Crippen MR) is 87.8 cm³/mol. The van der Waals surface area contributed by atoms with E-state index >= 15 is 0 Å². The van der Waals surface area contributed by atoms with E-state index in [0.717, 1.165) is 24.2 Å². The molecule has 0 saturated heterocycles. The van der Waals surface area contributed by atoms with E-state index in [2.05, 4.69) is 32.4 Å². The van der Waals surface area contributed by atoms with Gasteiger partial charge in [-0.15, -0.1) is 0 Å². The highest BCUT2D eigenvalue weighted by atomic mass is 35.5. The highest BCUT2D eigenvalue weighted by molar-refractivity contribution is 6.28. The Bertz CT molecular complexity index is 540. The number of nitrogens with one attached hydrogen (secondary N) is 2. The maximum Gasteiger partial charge on any atom is 0.226 e. The molecule has 21 heavy (non-hydrogen) atoms. The van der Waals surface area contributed by atoms with Crippen LogP contribution in [0.4, 0.5) is 5.82 Å². The summed E-state index contributed by atoms with van der Waals surface area (Å²) in [5.74, 6) is 0.765. The number of hydrogen-bond acceptors (Lipinski definition) is 4. The predicted octanol–water partition coefficient (Wildman–Crippen LogP) is 4.56. The molecule has 116 valence electrons. The Morgan fingerprint density at radius 1 is 1.05 bits per heavy atom. The fourth-order valence-electron chi connectivity index (χ4n) is 2.41. The van der Waals surface area contributed by atoms with E-state index in [1.165, 1.54) is 44.9 Å².